The van der Waals surface area contributed by atoms with Crippen LogP contribution in [0.4, 0.5) is 23.8 Å². The van der Waals surface area contributed by atoms with Crippen LogP contribution in [0.5, 0.6) is 11.8 Å². The highest BCUT2D eigenvalue weighted by molar-refractivity contribution is 5.92. The van der Waals surface area contributed by atoms with Crippen molar-refractivity contribution < 1.29 is 36.9 Å². The summed E-state index contributed by atoms with van der Waals surface area (Å²) in [4.78, 5) is 33.2. The summed E-state index contributed by atoms with van der Waals surface area (Å²) in [5.41, 5.74) is -0.695. The van der Waals surface area contributed by atoms with Gasteiger partial charge in [-0.2, -0.15) is 9.97 Å². The van der Waals surface area contributed by atoms with E-state index >= 15 is 8.78 Å². The summed E-state index contributed by atoms with van der Waals surface area (Å²) in [6, 6.07) is 2.50. The molecule has 0 radical (unpaired) electrons. The largest absolute Gasteiger partial charge is 0.467 e. The zero-order valence-electron chi connectivity index (χ0n) is 30.2. The first-order chi connectivity index (χ1) is 24.3. The Morgan fingerprint density at radius 3 is 2.51 bits per heavy atom. The van der Waals surface area contributed by atoms with Gasteiger partial charge in [-0.25, -0.2) is 18.0 Å². The number of hydrogen-bond acceptors (Lipinski definition) is 10. The van der Waals surface area contributed by atoms with Gasteiger partial charge in [0.25, 0.3) is 0 Å². The number of piperazine rings is 1. The van der Waals surface area contributed by atoms with Crippen molar-refractivity contribution in [3.8, 4) is 23.0 Å². The molecule has 7 rings (SSSR count). The number of benzene rings is 1. The lowest BCUT2D eigenvalue weighted by Crippen LogP contribution is -2.57. The van der Waals surface area contributed by atoms with Crippen molar-refractivity contribution in [1.82, 2.24) is 24.8 Å². The molecule has 0 N–H and O–H groups in total. The zero-order chi connectivity index (χ0) is 36.2. The predicted octanol–water partition coefficient (Wildman–Crippen LogP) is 6.62. The van der Waals surface area contributed by atoms with Crippen molar-refractivity contribution >= 4 is 22.8 Å². The molecule has 51 heavy (non-hydrogen) atoms. The number of pyridine rings is 1. The second-order valence-corrected chi connectivity index (χ2v) is 15.6. The molecule has 0 spiro atoms. The standard InChI is InChI=1S/C37H47F3N6O5/c1-21(2)29-26(12-25(13-28(29)39)50-20-48-6)31-30(40)32-27(15-41-31)33(43-34(42-32)49-19-37-10-7-11-45(37)16-22(38)14-37)44-17-23-8-9-24(18-44)46(23)35(47)51-36(3,4)5/h12-13,15,21-24H,7-11,14,16-20H2,1-6H3/t22-,23-,24+,37+/m1/s1. The Morgan fingerprint density at radius 2 is 1.82 bits per heavy atom. The summed E-state index contributed by atoms with van der Waals surface area (Å²) in [5.74, 6) is -1.01. The molecule has 4 saturated heterocycles. The van der Waals surface area contributed by atoms with E-state index < -0.39 is 28.9 Å². The van der Waals surface area contributed by atoms with E-state index in [1.165, 1.54) is 19.4 Å². The highest BCUT2D eigenvalue weighted by Gasteiger charge is 2.50. The molecule has 4 aliphatic heterocycles. The molecule has 2 aromatic heterocycles. The van der Waals surface area contributed by atoms with Gasteiger partial charge in [0.1, 0.15) is 47.0 Å². The average molecular weight is 713 g/mol. The molecule has 3 aromatic rings. The third kappa shape index (κ3) is 6.76. The monoisotopic (exact) mass is 712 g/mol. The number of hydrogen-bond donors (Lipinski definition) is 0. The summed E-state index contributed by atoms with van der Waals surface area (Å²) >= 11 is 0. The fourth-order valence-electron chi connectivity index (χ4n) is 8.44. The number of halogens is 3. The molecule has 1 amide bonds. The number of alkyl halides is 1. The number of anilines is 1. The van der Waals surface area contributed by atoms with Gasteiger partial charge in [0.2, 0.25) is 0 Å². The summed E-state index contributed by atoms with van der Waals surface area (Å²) in [6.07, 6.45) is 3.89. The Labute approximate surface area is 296 Å². The summed E-state index contributed by atoms with van der Waals surface area (Å²) in [6.45, 7) is 11.3. The average Bonchev–Trinajstić information content (AvgIpc) is 3.68. The van der Waals surface area contributed by atoms with E-state index in [0.29, 0.717) is 37.3 Å². The lowest BCUT2D eigenvalue weighted by molar-refractivity contribution is 0.0122. The van der Waals surface area contributed by atoms with Gasteiger partial charge >= 0.3 is 12.1 Å². The van der Waals surface area contributed by atoms with E-state index in [4.69, 9.17) is 23.9 Å². The number of methoxy groups -OCH3 is 1. The minimum absolute atomic E-state index is 0.0317. The predicted molar refractivity (Wildman–Crippen MR) is 185 cm³/mol. The minimum atomic E-state index is -0.941. The van der Waals surface area contributed by atoms with Crippen LogP contribution < -0.4 is 14.4 Å². The van der Waals surface area contributed by atoms with E-state index in [2.05, 4.69) is 14.9 Å². The molecule has 276 valence electrons. The van der Waals surface area contributed by atoms with Crippen LogP contribution in [0.3, 0.4) is 0 Å². The Hall–Kier alpha value is -3.91. The van der Waals surface area contributed by atoms with Crippen molar-refractivity contribution in [1.29, 1.82) is 0 Å². The number of fused-ring (bicyclic) bond motifs is 4. The zero-order valence-corrected chi connectivity index (χ0v) is 30.2. The van der Waals surface area contributed by atoms with Crippen LogP contribution in [0.2, 0.25) is 0 Å². The maximum absolute atomic E-state index is 17.0. The SMILES string of the molecule is COCOc1cc(F)c(C(C)C)c(-c2ncc3c(N4C[C@H]5CC[C@@H](C4)N5C(=O)OC(C)(C)C)nc(OC[C@@]45CCCN4C[C@H](F)C5)nc3c2F)c1. The van der Waals surface area contributed by atoms with Crippen molar-refractivity contribution in [2.45, 2.75) is 102 Å². The fraction of sp³-hybridized carbons (Fsp3) is 0.622. The van der Waals surface area contributed by atoms with Crippen LogP contribution in [0.1, 0.15) is 78.2 Å². The van der Waals surface area contributed by atoms with E-state index in [-0.39, 0.29) is 71.6 Å². The summed E-state index contributed by atoms with van der Waals surface area (Å²) in [7, 11) is 1.45. The van der Waals surface area contributed by atoms with E-state index in [1.54, 1.807) is 6.07 Å². The van der Waals surface area contributed by atoms with Crippen LogP contribution in [0.25, 0.3) is 22.2 Å². The molecule has 0 saturated carbocycles. The molecule has 14 heteroatoms. The molecular formula is C37H47F3N6O5. The molecule has 4 aliphatic rings. The van der Waals surface area contributed by atoms with Gasteiger partial charge in [-0.3, -0.25) is 14.8 Å². The molecule has 1 aromatic carbocycles. The molecule has 2 bridgehead atoms. The maximum Gasteiger partial charge on any atom is 0.410 e. The van der Waals surface area contributed by atoms with Gasteiger partial charge in [-0.05, 0) is 65.0 Å². The van der Waals surface area contributed by atoms with Crippen LogP contribution in [0, 0.1) is 11.6 Å². The number of amides is 1. The van der Waals surface area contributed by atoms with Gasteiger partial charge in [-0.15, -0.1) is 0 Å². The smallest absolute Gasteiger partial charge is 0.410 e. The van der Waals surface area contributed by atoms with Crippen molar-refractivity contribution in [2.75, 3.05) is 51.6 Å². The molecule has 0 aliphatic carbocycles. The molecular weight excluding hydrogens is 665 g/mol. The first-order valence-corrected chi connectivity index (χ1v) is 17.9. The number of rotatable bonds is 9. The Balaban J connectivity index is 1.30. The molecule has 11 nitrogen and oxygen atoms in total. The lowest BCUT2D eigenvalue weighted by Gasteiger charge is -2.42. The Morgan fingerprint density at radius 1 is 1.08 bits per heavy atom. The van der Waals surface area contributed by atoms with E-state index in [9.17, 15) is 9.18 Å². The number of carbonyl (C=O) groups excluding carboxylic acids is 1. The number of aromatic nitrogens is 3. The minimum Gasteiger partial charge on any atom is -0.467 e. The number of ether oxygens (including phenoxy) is 4. The first-order valence-electron chi connectivity index (χ1n) is 17.9. The van der Waals surface area contributed by atoms with Gasteiger partial charge in [0.15, 0.2) is 12.6 Å². The number of carbonyl (C=O) groups is 1. The third-order valence-corrected chi connectivity index (χ3v) is 10.5. The quantitative estimate of drug-likeness (QED) is 0.225. The highest BCUT2D eigenvalue weighted by atomic mass is 19.1. The molecule has 0 unspecified atom stereocenters. The highest BCUT2D eigenvalue weighted by Crippen LogP contribution is 2.42. The van der Waals surface area contributed by atoms with Crippen molar-refractivity contribution in [3.05, 3.63) is 35.5 Å². The van der Waals surface area contributed by atoms with Gasteiger partial charge in [0.05, 0.1) is 23.0 Å². The second-order valence-electron chi connectivity index (χ2n) is 15.6. The van der Waals surface area contributed by atoms with Gasteiger partial charge in [0, 0.05) is 56.6 Å². The third-order valence-electron chi connectivity index (χ3n) is 10.5. The topological polar surface area (TPSA) is 102 Å². The van der Waals surface area contributed by atoms with Crippen molar-refractivity contribution in [2.24, 2.45) is 0 Å². The van der Waals surface area contributed by atoms with Gasteiger partial charge in [-0.1, -0.05) is 13.8 Å². The lowest BCUT2D eigenvalue weighted by atomic mass is 9.93. The van der Waals surface area contributed by atoms with Crippen LogP contribution in [-0.4, -0.2) is 107 Å². The van der Waals surface area contributed by atoms with Crippen molar-refractivity contribution in [3.63, 3.8) is 0 Å². The maximum atomic E-state index is 17.0. The van der Waals surface area contributed by atoms with Crippen LogP contribution in [-0.2, 0) is 9.47 Å². The normalized spacial score (nSPS) is 24.9. The summed E-state index contributed by atoms with van der Waals surface area (Å²) < 4.78 is 69.7. The van der Waals surface area contributed by atoms with Crippen LogP contribution >= 0.6 is 0 Å². The molecule has 6 heterocycles. The second kappa shape index (κ2) is 13.6. The van der Waals surface area contributed by atoms with Crippen LogP contribution in [0.15, 0.2) is 18.3 Å². The fourth-order valence-corrected chi connectivity index (χ4v) is 8.44. The Bertz CT molecular complexity index is 1790. The molecule has 4 fully saturated rings. The molecule has 4 atom stereocenters. The summed E-state index contributed by atoms with van der Waals surface area (Å²) in [5, 5.41) is 0.359. The first kappa shape index (κ1) is 35.5. The van der Waals surface area contributed by atoms with E-state index in [1.807, 2.05) is 44.4 Å². The Kier molecular flexibility index (Phi) is 9.45. The number of nitrogens with zero attached hydrogens (tertiary/aromatic N) is 6. The van der Waals surface area contributed by atoms with Gasteiger partial charge < -0.3 is 23.8 Å². The van der Waals surface area contributed by atoms with E-state index in [0.717, 1.165) is 32.2 Å².